The van der Waals surface area contributed by atoms with Gasteiger partial charge in [-0.2, -0.15) is 13.2 Å². The third-order valence-corrected chi connectivity index (χ3v) is 2.83. The van der Waals surface area contributed by atoms with Gasteiger partial charge in [0.1, 0.15) is 0 Å². The Hall–Kier alpha value is -0.518. The van der Waals surface area contributed by atoms with Crippen LogP contribution < -0.4 is 24.5 Å². The van der Waals surface area contributed by atoms with Crippen molar-refractivity contribution in [1.29, 1.82) is 0 Å². The first-order chi connectivity index (χ1) is 10.5. The average Bonchev–Trinajstić information content (AvgIpc) is 2.35. The second-order valence-corrected chi connectivity index (χ2v) is 6.13. The van der Waals surface area contributed by atoms with Crippen molar-refractivity contribution in [3.63, 3.8) is 0 Å². The summed E-state index contributed by atoms with van der Waals surface area (Å²) in [6.45, 7) is 7.41. The molecule has 24 heavy (non-hydrogen) atoms. The topological polar surface area (TPSA) is 40.6 Å². The summed E-state index contributed by atoms with van der Waals surface area (Å²) in [5.41, 5.74) is -1.28. The summed E-state index contributed by atoms with van der Waals surface area (Å²) in [4.78, 5) is 3.91. The number of hydrogen-bond donors (Lipinski definition) is 0. The molecule has 0 unspecified atom stereocenters. The first-order valence-corrected chi connectivity index (χ1v) is 7.67. The van der Waals surface area contributed by atoms with Crippen molar-refractivity contribution in [3.8, 4) is 0 Å². The number of nitrogens with zero attached hydrogens (tertiary/aromatic N) is 1. The maximum absolute atomic E-state index is 13.4. The fraction of sp³-hybridized carbons (Fsp3) is 0.667. The molecular formula is C15H24BF3LiNO3. The van der Waals surface area contributed by atoms with Crippen molar-refractivity contribution in [2.24, 2.45) is 0 Å². The van der Waals surface area contributed by atoms with Crippen LogP contribution in [0.3, 0.4) is 0 Å². The molecule has 4 nitrogen and oxygen atoms in total. The molecule has 1 heterocycles. The minimum atomic E-state index is -4.59. The fourth-order valence-electron chi connectivity index (χ4n) is 2.30. The van der Waals surface area contributed by atoms with Gasteiger partial charge in [-0.3, -0.25) is 4.98 Å². The molecule has 132 valence electrons. The molecule has 0 fully saturated rings. The van der Waals surface area contributed by atoms with Crippen LogP contribution in [0.4, 0.5) is 13.2 Å². The minimum absolute atomic E-state index is 0. The molecule has 0 amide bonds. The van der Waals surface area contributed by atoms with Gasteiger partial charge in [-0.05, 0) is 59.3 Å². The molecule has 0 N–H and O–H groups in total. The standard InChI is InChI=1S/C15H24BF3NO3.Li/c1-10(2)21-16(22-11(3)4,23-12(5)6)14-13(15(17,18)19)8-7-9-20-14;/h7-12H,1-6H3;/q-1;+1. The predicted molar refractivity (Wildman–Crippen MR) is 83.3 cm³/mol. The first-order valence-electron chi connectivity index (χ1n) is 7.67. The monoisotopic (exact) mass is 341 g/mol. The molecule has 0 spiro atoms. The molecular weight excluding hydrogens is 317 g/mol. The Balaban J connectivity index is 0.00000529. The van der Waals surface area contributed by atoms with E-state index >= 15 is 0 Å². The van der Waals surface area contributed by atoms with Gasteiger partial charge in [0.25, 0.3) is 0 Å². The Morgan fingerprint density at radius 2 is 1.33 bits per heavy atom. The van der Waals surface area contributed by atoms with Crippen molar-refractivity contribution in [2.45, 2.75) is 66.0 Å². The van der Waals surface area contributed by atoms with Gasteiger partial charge < -0.3 is 14.0 Å². The molecule has 1 rings (SSSR count). The molecule has 0 atom stereocenters. The molecule has 0 aliphatic carbocycles. The van der Waals surface area contributed by atoms with Crippen molar-refractivity contribution in [3.05, 3.63) is 23.9 Å². The van der Waals surface area contributed by atoms with E-state index in [1.54, 1.807) is 41.5 Å². The smallest absolute Gasteiger partial charge is 0.538 e. The van der Waals surface area contributed by atoms with E-state index < -0.39 is 36.8 Å². The normalized spacial score (nSPS) is 12.8. The number of rotatable bonds is 7. The van der Waals surface area contributed by atoms with Gasteiger partial charge in [0.2, 0.25) is 0 Å². The van der Waals surface area contributed by atoms with E-state index in [9.17, 15) is 13.2 Å². The molecule has 1 aromatic heterocycles. The van der Waals surface area contributed by atoms with Crippen molar-refractivity contribution < 1.29 is 46.0 Å². The Kier molecular flexibility index (Phi) is 9.06. The second kappa shape index (κ2) is 9.25. The fourth-order valence-corrected chi connectivity index (χ4v) is 2.30. The van der Waals surface area contributed by atoms with Gasteiger partial charge in [-0.1, -0.05) is 0 Å². The van der Waals surface area contributed by atoms with Gasteiger partial charge in [-0.25, -0.2) is 0 Å². The van der Waals surface area contributed by atoms with E-state index in [2.05, 4.69) is 4.98 Å². The molecule has 0 radical (unpaired) electrons. The van der Waals surface area contributed by atoms with Crippen LogP contribution in [0, 0.1) is 0 Å². The molecule has 1 aromatic rings. The van der Waals surface area contributed by atoms with E-state index in [-0.39, 0.29) is 24.5 Å². The average molecular weight is 341 g/mol. The summed E-state index contributed by atoms with van der Waals surface area (Å²) >= 11 is 0. The van der Waals surface area contributed by atoms with Crippen molar-refractivity contribution in [1.82, 2.24) is 4.98 Å². The zero-order chi connectivity index (χ0) is 17.8. The molecule has 0 saturated carbocycles. The maximum Gasteiger partial charge on any atom is 1.00 e. The summed E-state index contributed by atoms with van der Waals surface area (Å²) in [5.74, 6) is 0. The maximum atomic E-state index is 13.4. The largest absolute Gasteiger partial charge is 1.00 e. The van der Waals surface area contributed by atoms with Gasteiger partial charge >= 0.3 is 31.8 Å². The summed E-state index contributed by atoms with van der Waals surface area (Å²) < 4.78 is 57.4. The third kappa shape index (κ3) is 6.41. The van der Waals surface area contributed by atoms with Gasteiger partial charge in [-0.15, -0.1) is 0 Å². The van der Waals surface area contributed by atoms with E-state index in [4.69, 9.17) is 14.0 Å². The van der Waals surface area contributed by atoms with Crippen LogP contribution in [0.5, 0.6) is 0 Å². The zero-order valence-corrected chi connectivity index (χ0v) is 15.3. The second-order valence-electron chi connectivity index (χ2n) is 6.13. The van der Waals surface area contributed by atoms with Crippen molar-refractivity contribution >= 4 is 12.3 Å². The molecule has 0 aromatic carbocycles. The summed E-state index contributed by atoms with van der Waals surface area (Å²) in [7, 11) is 0. The number of alkyl halides is 3. The molecule has 0 aliphatic heterocycles. The Labute approximate surface area is 153 Å². The Bertz CT molecular complexity index is 486. The minimum Gasteiger partial charge on any atom is -0.538 e. The van der Waals surface area contributed by atoms with E-state index in [1.807, 2.05) is 0 Å². The number of pyridine rings is 1. The van der Waals surface area contributed by atoms with Crippen LogP contribution in [0.25, 0.3) is 0 Å². The van der Waals surface area contributed by atoms with Crippen LogP contribution in [0.1, 0.15) is 47.1 Å². The van der Waals surface area contributed by atoms with Gasteiger partial charge in [0.15, 0.2) is 0 Å². The molecule has 0 saturated heterocycles. The SMILES string of the molecule is CC(C)O[B-](OC(C)C)(OC(C)C)c1ncccc1C(F)(F)F.[Li+]. The van der Waals surface area contributed by atoms with E-state index in [1.165, 1.54) is 12.3 Å². The summed E-state index contributed by atoms with van der Waals surface area (Å²) in [5, 5.41) is 0. The zero-order valence-electron chi connectivity index (χ0n) is 15.3. The quantitative estimate of drug-likeness (QED) is 0.679. The van der Waals surface area contributed by atoms with Crippen molar-refractivity contribution in [2.75, 3.05) is 0 Å². The third-order valence-electron chi connectivity index (χ3n) is 2.83. The Morgan fingerprint density at radius 1 is 0.917 bits per heavy atom. The van der Waals surface area contributed by atoms with Crippen LogP contribution in [0.2, 0.25) is 0 Å². The molecule has 0 bridgehead atoms. The number of halogens is 3. The Morgan fingerprint density at radius 3 is 1.67 bits per heavy atom. The van der Waals surface area contributed by atoms with Gasteiger partial charge in [0.05, 0.1) is 0 Å². The van der Waals surface area contributed by atoms with Gasteiger partial charge in [0, 0.05) is 30.1 Å². The van der Waals surface area contributed by atoms with Crippen LogP contribution in [-0.4, -0.2) is 30.1 Å². The van der Waals surface area contributed by atoms with Crippen LogP contribution in [-0.2, 0) is 20.1 Å². The number of hydrogen-bond acceptors (Lipinski definition) is 4. The van der Waals surface area contributed by atoms with E-state index in [0.29, 0.717) is 0 Å². The molecule has 9 heteroatoms. The summed E-state index contributed by atoms with van der Waals surface area (Å²) in [6.07, 6.45) is -4.53. The van der Waals surface area contributed by atoms with Crippen LogP contribution >= 0.6 is 0 Å². The van der Waals surface area contributed by atoms with E-state index in [0.717, 1.165) is 6.07 Å². The van der Waals surface area contributed by atoms with Crippen LogP contribution in [0.15, 0.2) is 18.3 Å². The predicted octanol–water partition coefficient (Wildman–Crippen LogP) is 0.525. The first kappa shape index (κ1) is 23.5. The molecule has 0 aliphatic rings. The summed E-state index contributed by atoms with van der Waals surface area (Å²) in [6, 6.07) is 2.18. The number of aromatic nitrogens is 1.